The normalized spacial score (nSPS) is 21.1. The van der Waals surface area contributed by atoms with Crippen molar-refractivity contribution in [1.29, 1.82) is 0 Å². The summed E-state index contributed by atoms with van der Waals surface area (Å²) < 4.78 is 0. The third-order valence-electron chi connectivity index (χ3n) is 4.82. The van der Waals surface area contributed by atoms with E-state index in [-0.39, 0.29) is 23.9 Å². The minimum absolute atomic E-state index is 0.0114. The molecule has 1 fully saturated rings. The molecule has 0 aromatic carbocycles. The van der Waals surface area contributed by atoms with Crippen molar-refractivity contribution in [3.05, 3.63) is 48.0 Å². The van der Waals surface area contributed by atoms with Gasteiger partial charge < -0.3 is 19.8 Å². The summed E-state index contributed by atoms with van der Waals surface area (Å²) in [5, 5.41) is 0. The van der Waals surface area contributed by atoms with Gasteiger partial charge in [0.25, 0.3) is 11.8 Å². The standard InChI is InChI=1S/C18H24N4O2/c1-3-13-11-22(18(24)16-8-6-10-20-16)14(4-2)12-21(13)17(23)15-7-5-9-19-15/h5-10,13-14,19-20H,3-4,11-12H2,1-2H3/t13-,14-/m1/s1. The number of aromatic amines is 2. The van der Waals surface area contributed by atoms with Gasteiger partial charge in [0.2, 0.25) is 0 Å². The first-order valence-electron chi connectivity index (χ1n) is 8.54. The van der Waals surface area contributed by atoms with E-state index in [0.29, 0.717) is 24.5 Å². The maximum atomic E-state index is 12.8. The Morgan fingerprint density at radius 1 is 0.917 bits per heavy atom. The number of amides is 2. The lowest BCUT2D eigenvalue weighted by molar-refractivity contribution is 0.0185. The zero-order valence-electron chi connectivity index (χ0n) is 14.2. The Bertz CT molecular complexity index is 618. The van der Waals surface area contributed by atoms with Gasteiger partial charge in [0.05, 0.1) is 0 Å². The summed E-state index contributed by atoms with van der Waals surface area (Å²) in [4.78, 5) is 35.4. The number of H-pyrrole nitrogens is 2. The first-order chi connectivity index (χ1) is 11.7. The van der Waals surface area contributed by atoms with E-state index < -0.39 is 0 Å². The van der Waals surface area contributed by atoms with Crippen LogP contribution >= 0.6 is 0 Å². The molecule has 1 saturated heterocycles. The number of hydrogen-bond acceptors (Lipinski definition) is 2. The highest BCUT2D eigenvalue weighted by Crippen LogP contribution is 2.23. The van der Waals surface area contributed by atoms with E-state index in [2.05, 4.69) is 23.8 Å². The highest BCUT2D eigenvalue weighted by atomic mass is 16.2. The van der Waals surface area contributed by atoms with Gasteiger partial charge in [-0.2, -0.15) is 0 Å². The summed E-state index contributed by atoms with van der Waals surface area (Å²) in [7, 11) is 0. The largest absolute Gasteiger partial charge is 0.357 e. The summed E-state index contributed by atoms with van der Waals surface area (Å²) in [6.07, 6.45) is 5.15. The fourth-order valence-corrected chi connectivity index (χ4v) is 3.38. The van der Waals surface area contributed by atoms with Gasteiger partial charge in [0.1, 0.15) is 11.4 Å². The van der Waals surface area contributed by atoms with Crippen molar-refractivity contribution in [2.24, 2.45) is 0 Å². The van der Waals surface area contributed by atoms with Crippen LogP contribution in [0.4, 0.5) is 0 Å². The van der Waals surface area contributed by atoms with Crippen molar-refractivity contribution in [3.8, 4) is 0 Å². The molecule has 2 atom stereocenters. The predicted octanol–water partition coefficient (Wildman–Crippen LogP) is 2.50. The summed E-state index contributed by atoms with van der Waals surface area (Å²) in [5.74, 6) is 0.0227. The minimum atomic E-state index is 0.0114. The average Bonchev–Trinajstić information content (AvgIpc) is 3.32. The smallest absolute Gasteiger partial charge is 0.270 e. The third-order valence-corrected chi connectivity index (χ3v) is 4.82. The fourth-order valence-electron chi connectivity index (χ4n) is 3.38. The first kappa shape index (κ1) is 16.4. The molecular weight excluding hydrogens is 304 g/mol. The Morgan fingerprint density at radius 3 is 1.62 bits per heavy atom. The van der Waals surface area contributed by atoms with Crippen LogP contribution in [0.2, 0.25) is 0 Å². The number of nitrogens with zero attached hydrogens (tertiary/aromatic N) is 2. The maximum absolute atomic E-state index is 12.8. The molecule has 128 valence electrons. The minimum Gasteiger partial charge on any atom is -0.357 e. The molecule has 3 heterocycles. The molecule has 6 nitrogen and oxygen atoms in total. The Hall–Kier alpha value is -2.50. The molecule has 0 bridgehead atoms. The van der Waals surface area contributed by atoms with Gasteiger partial charge >= 0.3 is 0 Å². The number of rotatable bonds is 4. The van der Waals surface area contributed by atoms with E-state index in [9.17, 15) is 9.59 Å². The molecule has 2 aromatic rings. The average molecular weight is 328 g/mol. The topological polar surface area (TPSA) is 72.2 Å². The lowest BCUT2D eigenvalue weighted by atomic mass is 10.0. The Balaban J connectivity index is 1.82. The second-order valence-electron chi connectivity index (χ2n) is 6.21. The van der Waals surface area contributed by atoms with E-state index in [1.54, 1.807) is 24.5 Å². The molecule has 0 unspecified atom stereocenters. The van der Waals surface area contributed by atoms with Crippen LogP contribution in [0.15, 0.2) is 36.7 Å². The predicted molar refractivity (Wildman–Crippen MR) is 91.8 cm³/mol. The fraction of sp³-hybridized carbons (Fsp3) is 0.444. The lowest BCUT2D eigenvalue weighted by Crippen LogP contribution is -2.61. The molecule has 0 radical (unpaired) electrons. The second kappa shape index (κ2) is 6.95. The van der Waals surface area contributed by atoms with Crippen molar-refractivity contribution in [3.63, 3.8) is 0 Å². The van der Waals surface area contributed by atoms with Crippen LogP contribution in [-0.2, 0) is 0 Å². The number of aromatic nitrogens is 2. The highest BCUT2D eigenvalue weighted by Gasteiger charge is 2.37. The van der Waals surface area contributed by atoms with E-state index in [4.69, 9.17) is 0 Å². The van der Waals surface area contributed by atoms with Crippen molar-refractivity contribution in [1.82, 2.24) is 19.8 Å². The quantitative estimate of drug-likeness (QED) is 0.905. The summed E-state index contributed by atoms with van der Waals surface area (Å²) in [6.45, 7) is 5.26. The number of carbonyl (C=O) groups is 2. The van der Waals surface area contributed by atoms with Gasteiger partial charge in [-0.05, 0) is 37.1 Å². The van der Waals surface area contributed by atoms with E-state index in [0.717, 1.165) is 12.8 Å². The first-order valence-corrected chi connectivity index (χ1v) is 8.54. The molecule has 1 aliphatic heterocycles. The molecule has 0 spiro atoms. The van der Waals surface area contributed by atoms with Gasteiger partial charge in [-0.25, -0.2) is 0 Å². The number of nitrogens with one attached hydrogen (secondary N) is 2. The Kier molecular flexibility index (Phi) is 4.74. The SMILES string of the molecule is CC[C@@H]1CN(C(=O)c2ccc[nH]2)[C@H](CC)CN1C(=O)c1ccc[nH]1. The number of hydrogen-bond donors (Lipinski definition) is 2. The summed E-state index contributed by atoms with van der Waals surface area (Å²) in [5.41, 5.74) is 1.21. The molecule has 1 aliphatic rings. The van der Waals surface area contributed by atoms with Crippen LogP contribution in [0.1, 0.15) is 47.7 Å². The van der Waals surface area contributed by atoms with Crippen molar-refractivity contribution >= 4 is 11.8 Å². The van der Waals surface area contributed by atoms with Crippen LogP contribution in [0.3, 0.4) is 0 Å². The van der Waals surface area contributed by atoms with Gasteiger partial charge in [0, 0.05) is 37.6 Å². The van der Waals surface area contributed by atoms with Gasteiger partial charge in [-0.3, -0.25) is 9.59 Å². The van der Waals surface area contributed by atoms with Crippen molar-refractivity contribution in [2.75, 3.05) is 13.1 Å². The second-order valence-corrected chi connectivity index (χ2v) is 6.21. The van der Waals surface area contributed by atoms with E-state index in [1.165, 1.54) is 0 Å². The monoisotopic (exact) mass is 328 g/mol. The molecule has 24 heavy (non-hydrogen) atoms. The van der Waals surface area contributed by atoms with Crippen LogP contribution in [0, 0.1) is 0 Å². The van der Waals surface area contributed by atoms with E-state index in [1.807, 2.05) is 21.9 Å². The van der Waals surface area contributed by atoms with E-state index >= 15 is 0 Å². The molecule has 0 saturated carbocycles. The zero-order chi connectivity index (χ0) is 17.1. The number of piperazine rings is 1. The Labute approximate surface area is 141 Å². The summed E-state index contributed by atoms with van der Waals surface area (Å²) >= 11 is 0. The maximum Gasteiger partial charge on any atom is 0.270 e. The van der Waals surface area contributed by atoms with Crippen molar-refractivity contribution in [2.45, 2.75) is 38.8 Å². The van der Waals surface area contributed by atoms with Gasteiger partial charge in [-0.1, -0.05) is 13.8 Å². The molecule has 2 N–H and O–H groups in total. The van der Waals surface area contributed by atoms with Gasteiger partial charge in [0.15, 0.2) is 0 Å². The molecule has 3 rings (SSSR count). The van der Waals surface area contributed by atoms with Crippen LogP contribution in [0.5, 0.6) is 0 Å². The molecular formula is C18H24N4O2. The molecule has 0 aliphatic carbocycles. The third kappa shape index (κ3) is 2.96. The molecule has 6 heteroatoms. The Morgan fingerprint density at radius 2 is 1.33 bits per heavy atom. The molecule has 2 amide bonds. The lowest BCUT2D eigenvalue weighted by Gasteiger charge is -2.46. The number of carbonyl (C=O) groups excluding carboxylic acids is 2. The highest BCUT2D eigenvalue weighted by molar-refractivity contribution is 5.94. The van der Waals surface area contributed by atoms with Crippen molar-refractivity contribution < 1.29 is 9.59 Å². The van der Waals surface area contributed by atoms with Crippen LogP contribution < -0.4 is 0 Å². The molecule has 2 aromatic heterocycles. The van der Waals surface area contributed by atoms with Crippen LogP contribution in [0.25, 0.3) is 0 Å². The zero-order valence-corrected chi connectivity index (χ0v) is 14.2. The van der Waals surface area contributed by atoms with Gasteiger partial charge in [-0.15, -0.1) is 0 Å². The summed E-state index contributed by atoms with van der Waals surface area (Å²) in [6, 6.07) is 7.32. The van der Waals surface area contributed by atoms with Crippen LogP contribution in [-0.4, -0.2) is 56.8 Å².